The second-order valence-electron chi connectivity index (χ2n) is 5.09. The van der Waals surface area contributed by atoms with Gasteiger partial charge >= 0.3 is 6.03 Å². The fraction of sp³-hybridized carbons (Fsp3) is 0.400. The van der Waals surface area contributed by atoms with Crippen LogP contribution in [0.3, 0.4) is 0 Å². The third-order valence-electron chi connectivity index (χ3n) is 3.64. The third kappa shape index (κ3) is 2.61. The molecule has 0 aliphatic carbocycles. The number of nitrogens with zero attached hydrogens (tertiary/aromatic N) is 3. The fourth-order valence-corrected chi connectivity index (χ4v) is 2.40. The number of nitrogens with one attached hydrogen (secondary N) is 1. The molecule has 7 heteroatoms. The molecule has 2 amide bonds. The van der Waals surface area contributed by atoms with Gasteiger partial charge in [-0.15, -0.1) is 0 Å². The summed E-state index contributed by atoms with van der Waals surface area (Å²) in [5.41, 5.74) is 0.792. The zero-order chi connectivity index (χ0) is 15.5. The maximum absolute atomic E-state index is 11.6. The van der Waals surface area contributed by atoms with Crippen LogP contribution in [0.4, 0.5) is 4.79 Å². The molecule has 116 valence electrons. The SMILES string of the molecule is CCNC(=O)N1CC(c2nc(-c3ccccc3OC)no2)C1. The van der Waals surface area contributed by atoms with E-state index in [0.717, 1.165) is 5.56 Å². The van der Waals surface area contributed by atoms with Gasteiger partial charge in [0.15, 0.2) is 0 Å². The molecule has 0 bridgehead atoms. The molecule has 1 aliphatic rings. The van der Waals surface area contributed by atoms with Crippen LogP contribution in [0.5, 0.6) is 5.75 Å². The number of hydrogen-bond acceptors (Lipinski definition) is 5. The van der Waals surface area contributed by atoms with Crippen molar-refractivity contribution in [3.05, 3.63) is 30.2 Å². The summed E-state index contributed by atoms with van der Waals surface area (Å²) in [6, 6.07) is 7.47. The van der Waals surface area contributed by atoms with Crippen LogP contribution in [0.2, 0.25) is 0 Å². The van der Waals surface area contributed by atoms with Gasteiger partial charge in [-0.2, -0.15) is 4.98 Å². The molecule has 2 aromatic rings. The van der Waals surface area contributed by atoms with Crippen LogP contribution in [0.1, 0.15) is 18.7 Å². The minimum Gasteiger partial charge on any atom is -0.496 e. The summed E-state index contributed by atoms with van der Waals surface area (Å²) in [6.45, 7) is 3.71. The van der Waals surface area contributed by atoms with Crippen molar-refractivity contribution in [2.75, 3.05) is 26.7 Å². The Bertz CT molecular complexity index is 664. The average Bonchev–Trinajstić information content (AvgIpc) is 2.95. The van der Waals surface area contributed by atoms with E-state index < -0.39 is 0 Å². The lowest BCUT2D eigenvalue weighted by atomic mass is 10.0. The summed E-state index contributed by atoms with van der Waals surface area (Å²) in [5.74, 6) is 1.86. The zero-order valence-electron chi connectivity index (χ0n) is 12.6. The molecule has 7 nitrogen and oxygen atoms in total. The summed E-state index contributed by atoms with van der Waals surface area (Å²) < 4.78 is 10.6. The number of amides is 2. The molecule has 1 aliphatic heterocycles. The van der Waals surface area contributed by atoms with Crippen molar-refractivity contribution in [2.45, 2.75) is 12.8 Å². The van der Waals surface area contributed by atoms with Crippen LogP contribution in [0.25, 0.3) is 11.4 Å². The molecule has 0 radical (unpaired) electrons. The molecule has 0 spiro atoms. The topological polar surface area (TPSA) is 80.5 Å². The Labute approximate surface area is 128 Å². The first-order valence-electron chi connectivity index (χ1n) is 7.22. The molecule has 0 atom stereocenters. The number of aromatic nitrogens is 2. The molecular weight excluding hydrogens is 284 g/mol. The molecule has 1 fully saturated rings. The number of rotatable bonds is 4. The highest BCUT2D eigenvalue weighted by molar-refractivity contribution is 5.75. The van der Waals surface area contributed by atoms with Gasteiger partial charge in [0, 0.05) is 19.6 Å². The van der Waals surface area contributed by atoms with Gasteiger partial charge in [0.05, 0.1) is 18.6 Å². The molecule has 22 heavy (non-hydrogen) atoms. The van der Waals surface area contributed by atoms with E-state index in [1.807, 2.05) is 31.2 Å². The standard InChI is InChI=1S/C15H18N4O3/c1-3-16-15(20)19-8-10(9-19)14-17-13(18-22-14)11-6-4-5-7-12(11)21-2/h4-7,10H,3,8-9H2,1-2H3,(H,16,20). The molecule has 3 rings (SSSR count). The molecule has 0 saturated carbocycles. The predicted molar refractivity (Wildman–Crippen MR) is 79.7 cm³/mol. The van der Waals surface area contributed by atoms with Crippen LogP contribution in [-0.4, -0.2) is 47.8 Å². The van der Waals surface area contributed by atoms with Crippen molar-refractivity contribution in [2.24, 2.45) is 0 Å². The van der Waals surface area contributed by atoms with Gasteiger partial charge in [-0.3, -0.25) is 0 Å². The first-order valence-corrected chi connectivity index (χ1v) is 7.22. The monoisotopic (exact) mass is 302 g/mol. The molecule has 1 N–H and O–H groups in total. The van der Waals surface area contributed by atoms with Crippen molar-refractivity contribution < 1.29 is 14.1 Å². The van der Waals surface area contributed by atoms with Crippen molar-refractivity contribution in [3.63, 3.8) is 0 Å². The Morgan fingerprint density at radius 3 is 2.95 bits per heavy atom. The number of ether oxygens (including phenoxy) is 1. The van der Waals surface area contributed by atoms with Gasteiger partial charge in [-0.25, -0.2) is 4.79 Å². The number of carbonyl (C=O) groups is 1. The number of methoxy groups -OCH3 is 1. The van der Waals surface area contributed by atoms with Gasteiger partial charge in [0.1, 0.15) is 5.75 Å². The van der Waals surface area contributed by atoms with E-state index in [9.17, 15) is 4.79 Å². The highest BCUT2D eigenvalue weighted by Crippen LogP contribution is 2.30. The van der Waals surface area contributed by atoms with Gasteiger partial charge in [-0.1, -0.05) is 17.3 Å². The molecule has 0 unspecified atom stereocenters. The Kier molecular flexibility index (Phi) is 3.95. The fourth-order valence-electron chi connectivity index (χ4n) is 2.40. The Hall–Kier alpha value is -2.57. The second kappa shape index (κ2) is 6.05. The van der Waals surface area contributed by atoms with Crippen LogP contribution < -0.4 is 10.1 Å². The number of para-hydroxylation sites is 1. The number of urea groups is 1. The van der Waals surface area contributed by atoms with E-state index in [1.165, 1.54) is 0 Å². The summed E-state index contributed by atoms with van der Waals surface area (Å²) >= 11 is 0. The first kappa shape index (κ1) is 14.4. The smallest absolute Gasteiger partial charge is 0.317 e. The Balaban J connectivity index is 1.69. The minimum absolute atomic E-state index is 0.0526. The Morgan fingerprint density at radius 2 is 2.23 bits per heavy atom. The van der Waals surface area contributed by atoms with Gasteiger partial charge < -0.3 is 19.5 Å². The maximum Gasteiger partial charge on any atom is 0.317 e. The summed E-state index contributed by atoms with van der Waals surface area (Å²) in [6.07, 6.45) is 0. The summed E-state index contributed by atoms with van der Waals surface area (Å²) in [5, 5.41) is 6.79. The summed E-state index contributed by atoms with van der Waals surface area (Å²) in [7, 11) is 1.61. The van der Waals surface area contributed by atoms with Crippen molar-refractivity contribution >= 4 is 6.03 Å². The molecule has 1 aromatic heterocycles. The van der Waals surface area contributed by atoms with Crippen molar-refractivity contribution in [3.8, 4) is 17.1 Å². The van der Waals surface area contributed by atoms with Crippen LogP contribution >= 0.6 is 0 Å². The molecule has 1 aromatic carbocycles. The minimum atomic E-state index is -0.0526. The van der Waals surface area contributed by atoms with Crippen LogP contribution in [0, 0.1) is 0 Å². The largest absolute Gasteiger partial charge is 0.496 e. The first-order chi connectivity index (χ1) is 10.7. The van der Waals surface area contributed by atoms with E-state index in [2.05, 4.69) is 15.5 Å². The number of hydrogen-bond donors (Lipinski definition) is 1. The number of carbonyl (C=O) groups excluding carboxylic acids is 1. The lowest BCUT2D eigenvalue weighted by Crippen LogP contribution is -2.52. The second-order valence-corrected chi connectivity index (χ2v) is 5.09. The normalized spacial score (nSPS) is 14.5. The maximum atomic E-state index is 11.6. The molecular formula is C15H18N4O3. The van der Waals surface area contributed by atoms with Crippen molar-refractivity contribution in [1.29, 1.82) is 0 Å². The van der Waals surface area contributed by atoms with E-state index >= 15 is 0 Å². The lowest BCUT2D eigenvalue weighted by molar-refractivity contribution is 0.137. The van der Waals surface area contributed by atoms with Gasteiger partial charge in [0.2, 0.25) is 11.7 Å². The summed E-state index contributed by atoms with van der Waals surface area (Å²) in [4.78, 5) is 17.8. The van der Waals surface area contributed by atoms with Gasteiger partial charge in [-0.05, 0) is 19.1 Å². The predicted octanol–water partition coefficient (Wildman–Crippen LogP) is 1.87. The molecule has 2 heterocycles. The quantitative estimate of drug-likeness (QED) is 0.932. The third-order valence-corrected chi connectivity index (χ3v) is 3.64. The van der Waals surface area contributed by atoms with E-state index in [-0.39, 0.29) is 11.9 Å². The van der Waals surface area contributed by atoms with Crippen LogP contribution in [0.15, 0.2) is 28.8 Å². The highest BCUT2D eigenvalue weighted by Gasteiger charge is 2.35. The average molecular weight is 302 g/mol. The van der Waals surface area contributed by atoms with E-state index in [1.54, 1.807) is 12.0 Å². The van der Waals surface area contributed by atoms with Gasteiger partial charge in [0.25, 0.3) is 0 Å². The van der Waals surface area contributed by atoms with Crippen LogP contribution in [-0.2, 0) is 0 Å². The Morgan fingerprint density at radius 1 is 1.45 bits per heavy atom. The van der Waals surface area contributed by atoms with E-state index in [0.29, 0.717) is 37.1 Å². The zero-order valence-corrected chi connectivity index (χ0v) is 12.6. The van der Waals surface area contributed by atoms with Crippen molar-refractivity contribution in [1.82, 2.24) is 20.4 Å². The molecule has 1 saturated heterocycles. The highest BCUT2D eigenvalue weighted by atomic mass is 16.5. The van der Waals surface area contributed by atoms with E-state index in [4.69, 9.17) is 9.26 Å². The number of benzene rings is 1. The lowest BCUT2D eigenvalue weighted by Gasteiger charge is -2.36. The number of likely N-dealkylation sites (tertiary alicyclic amines) is 1.